The van der Waals surface area contributed by atoms with Crippen molar-refractivity contribution in [2.24, 2.45) is 0 Å². The van der Waals surface area contributed by atoms with E-state index in [1.165, 1.54) is 4.90 Å². The van der Waals surface area contributed by atoms with E-state index in [0.717, 1.165) is 6.07 Å². The van der Waals surface area contributed by atoms with E-state index >= 15 is 0 Å². The molecule has 0 atom stereocenters. The van der Waals surface area contributed by atoms with Crippen LogP contribution in [0, 0.1) is 17.5 Å². The van der Waals surface area contributed by atoms with Gasteiger partial charge >= 0.3 is 5.37 Å². The first kappa shape index (κ1) is 13.0. The summed E-state index contributed by atoms with van der Waals surface area (Å²) in [6, 6.07) is 1.34. The number of anilines is 1. The van der Waals surface area contributed by atoms with Gasteiger partial charge in [-0.3, -0.25) is 4.79 Å². The zero-order valence-electron chi connectivity index (χ0n) is 9.30. The third-order valence-corrected chi connectivity index (χ3v) is 3.10. The second kappa shape index (κ2) is 5.06. The molecule has 0 saturated carbocycles. The fourth-order valence-corrected chi connectivity index (χ4v) is 2.05. The number of benzene rings is 1. The lowest BCUT2D eigenvalue weighted by Gasteiger charge is -2.35. The van der Waals surface area contributed by atoms with Gasteiger partial charge in [-0.05, 0) is 11.6 Å². The molecule has 3 nitrogen and oxygen atoms in total. The molecule has 1 saturated heterocycles. The van der Waals surface area contributed by atoms with E-state index in [4.69, 9.17) is 11.6 Å². The molecular weight excluding hydrogens is 269 g/mol. The summed E-state index contributed by atoms with van der Waals surface area (Å²) in [4.78, 5) is 13.8. The quantitative estimate of drug-likeness (QED) is 0.448. The molecule has 0 radical (unpaired) electrons. The highest BCUT2D eigenvalue weighted by molar-refractivity contribution is 6.62. The van der Waals surface area contributed by atoms with Crippen LogP contribution in [-0.4, -0.2) is 36.4 Å². The van der Waals surface area contributed by atoms with E-state index in [9.17, 15) is 18.0 Å². The largest absolute Gasteiger partial charge is 0.366 e. The zero-order valence-corrected chi connectivity index (χ0v) is 10.1. The van der Waals surface area contributed by atoms with Gasteiger partial charge in [-0.25, -0.2) is 13.2 Å². The topological polar surface area (TPSA) is 23.6 Å². The van der Waals surface area contributed by atoms with Crippen molar-refractivity contribution < 1.29 is 18.0 Å². The average Bonchev–Trinajstić information content (AvgIpc) is 2.34. The molecule has 18 heavy (non-hydrogen) atoms. The molecule has 0 bridgehead atoms. The maximum Gasteiger partial charge on any atom is 0.316 e. The lowest BCUT2D eigenvalue weighted by Crippen LogP contribution is -2.47. The van der Waals surface area contributed by atoms with Crippen molar-refractivity contribution in [3.8, 4) is 0 Å². The molecule has 0 aliphatic carbocycles. The Morgan fingerprint density at radius 3 is 2.11 bits per heavy atom. The van der Waals surface area contributed by atoms with Crippen LogP contribution < -0.4 is 4.90 Å². The first-order valence-electron chi connectivity index (χ1n) is 5.33. The second-order valence-electron chi connectivity index (χ2n) is 3.94. The van der Waals surface area contributed by atoms with E-state index in [0.29, 0.717) is 32.2 Å². The fraction of sp³-hybridized carbons (Fsp3) is 0.364. The van der Waals surface area contributed by atoms with Crippen LogP contribution in [0.25, 0.3) is 0 Å². The van der Waals surface area contributed by atoms with Crippen molar-refractivity contribution in [2.45, 2.75) is 0 Å². The Morgan fingerprint density at radius 2 is 1.56 bits per heavy atom. The summed E-state index contributed by atoms with van der Waals surface area (Å²) in [5.74, 6) is -3.13. The molecule has 0 aromatic heterocycles. The highest BCUT2D eigenvalue weighted by Crippen LogP contribution is 2.23. The van der Waals surface area contributed by atoms with Crippen LogP contribution in [-0.2, 0) is 0 Å². The maximum absolute atomic E-state index is 13.5. The van der Waals surface area contributed by atoms with Gasteiger partial charge in [0, 0.05) is 38.3 Å². The van der Waals surface area contributed by atoms with Gasteiger partial charge in [0.1, 0.15) is 5.82 Å². The summed E-state index contributed by atoms with van der Waals surface area (Å²) in [5, 5.41) is -0.569. The van der Waals surface area contributed by atoms with Crippen molar-refractivity contribution >= 4 is 22.7 Å². The fourth-order valence-electron chi connectivity index (χ4n) is 1.88. The minimum Gasteiger partial charge on any atom is -0.366 e. The molecule has 0 spiro atoms. The van der Waals surface area contributed by atoms with Crippen LogP contribution >= 0.6 is 11.6 Å². The van der Waals surface area contributed by atoms with Crippen LogP contribution in [0.5, 0.6) is 0 Å². The van der Waals surface area contributed by atoms with Gasteiger partial charge in [0.05, 0.1) is 5.69 Å². The number of piperazine rings is 1. The molecule has 1 aliphatic rings. The molecule has 1 aromatic rings. The second-order valence-corrected chi connectivity index (χ2v) is 4.27. The Balaban J connectivity index is 2.15. The smallest absolute Gasteiger partial charge is 0.316 e. The molecule has 1 aromatic carbocycles. The molecule has 0 N–H and O–H groups in total. The standard InChI is InChI=1S/C11H10ClF3N2O/c12-11(18)17-3-1-16(2-4-17)10-6-8(14)7(13)5-9(10)15/h5-6H,1-4H2. The predicted molar refractivity (Wildman–Crippen MR) is 61.4 cm³/mol. The molecular formula is C11H10ClF3N2O. The van der Waals surface area contributed by atoms with Crippen molar-refractivity contribution in [3.63, 3.8) is 0 Å². The Morgan fingerprint density at radius 1 is 1.00 bits per heavy atom. The summed E-state index contributed by atoms with van der Waals surface area (Å²) in [6.07, 6.45) is 0. The van der Waals surface area contributed by atoms with Gasteiger partial charge in [0.25, 0.3) is 0 Å². The Kier molecular flexibility index (Phi) is 3.65. The Bertz CT molecular complexity index is 476. The van der Waals surface area contributed by atoms with Gasteiger partial charge in [0.15, 0.2) is 11.6 Å². The van der Waals surface area contributed by atoms with Crippen LogP contribution in [0.1, 0.15) is 0 Å². The van der Waals surface area contributed by atoms with Gasteiger partial charge in [-0.15, -0.1) is 0 Å². The maximum atomic E-state index is 13.5. The lowest BCUT2D eigenvalue weighted by atomic mass is 10.2. The van der Waals surface area contributed by atoms with E-state index in [-0.39, 0.29) is 5.69 Å². The first-order chi connectivity index (χ1) is 8.49. The normalized spacial score (nSPS) is 16.0. The Hall–Kier alpha value is -1.43. The number of rotatable bonds is 1. The SMILES string of the molecule is O=C(Cl)N1CCN(c2cc(F)c(F)cc2F)CC1. The number of amides is 1. The molecule has 1 aliphatic heterocycles. The van der Waals surface area contributed by atoms with Crippen molar-refractivity contribution in [2.75, 3.05) is 31.1 Å². The van der Waals surface area contributed by atoms with Crippen LogP contribution in [0.4, 0.5) is 23.7 Å². The number of halogens is 4. The number of nitrogens with zero attached hydrogens (tertiary/aromatic N) is 2. The zero-order chi connectivity index (χ0) is 13.3. The molecule has 1 heterocycles. The highest BCUT2D eigenvalue weighted by Gasteiger charge is 2.22. The molecule has 2 rings (SSSR count). The summed E-state index contributed by atoms with van der Waals surface area (Å²) >= 11 is 5.31. The number of hydrogen-bond donors (Lipinski definition) is 0. The molecule has 1 fully saturated rings. The minimum absolute atomic E-state index is 0.00410. The Labute approximate surface area is 107 Å². The minimum atomic E-state index is -1.22. The lowest BCUT2D eigenvalue weighted by molar-refractivity contribution is 0.218. The predicted octanol–water partition coefficient (Wildman–Crippen LogP) is 2.58. The summed E-state index contributed by atoms with van der Waals surface area (Å²) in [7, 11) is 0. The summed E-state index contributed by atoms with van der Waals surface area (Å²) in [5.41, 5.74) is -0.00410. The summed E-state index contributed by atoms with van der Waals surface area (Å²) in [6.45, 7) is 1.28. The molecule has 1 amide bonds. The van der Waals surface area contributed by atoms with E-state index in [1.54, 1.807) is 4.90 Å². The third-order valence-electron chi connectivity index (χ3n) is 2.86. The number of hydrogen-bond acceptors (Lipinski definition) is 2. The number of carbonyl (C=O) groups is 1. The number of carbonyl (C=O) groups excluding carboxylic acids is 1. The summed E-state index contributed by atoms with van der Waals surface area (Å²) < 4.78 is 39.4. The van der Waals surface area contributed by atoms with Crippen molar-refractivity contribution in [3.05, 3.63) is 29.6 Å². The van der Waals surface area contributed by atoms with Crippen LogP contribution in [0.15, 0.2) is 12.1 Å². The average molecular weight is 279 g/mol. The monoisotopic (exact) mass is 278 g/mol. The van der Waals surface area contributed by atoms with E-state index in [1.807, 2.05) is 0 Å². The van der Waals surface area contributed by atoms with Gasteiger partial charge < -0.3 is 9.80 Å². The van der Waals surface area contributed by atoms with Gasteiger partial charge in [0.2, 0.25) is 0 Å². The molecule has 7 heteroatoms. The highest BCUT2D eigenvalue weighted by atomic mass is 35.5. The van der Waals surface area contributed by atoms with Gasteiger partial charge in [-0.1, -0.05) is 0 Å². The van der Waals surface area contributed by atoms with E-state index in [2.05, 4.69) is 0 Å². The van der Waals surface area contributed by atoms with Crippen LogP contribution in [0.3, 0.4) is 0 Å². The van der Waals surface area contributed by atoms with Gasteiger partial charge in [-0.2, -0.15) is 0 Å². The first-order valence-corrected chi connectivity index (χ1v) is 5.70. The molecule has 98 valence electrons. The third kappa shape index (κ3) is 2.53. The van der Waals surface area contributed by atoms with Crippen molar-refractivity contribution in [1.29, 1.82) is 0 Å². The van der Waals surface area contributed by atoms with Crippen molar-refractivity contribution in [1.82, 2.24) is 4.90 Å². The molecule has 0 unspecified atom stereocenters. The van der Waals surface area contributed by atoms with Crippen LogP contribution in [0.2, 0.25) is 0 Å². The van der Waals surface area contributed by atoms with E-state index < -0.39 is 22.8 Å².